The molecule has 0 aliphatic carbocycles. The number of nitrogens with zero attached hydrogens (tertiary/aromatic N) is 3. The maximum atomic E-state index is 12.6. The number of allylic oxidation sites excluding steroid dienone is 2. The van der Waals surface area contributed by atoms with Gasteiger partial charge in [0.25, 0.3) is 0 Å². The Morgan fingerprint density at radius 3 is 2.54 bits per heavy atom. The topological polar surface area (TPSA) is 18.8 Å². The van der Waals surface area contributed by atoms with Gasteiger partial charge in [0, 0.05) is 41.6 Å². The summed E-state index contributed by atoms with van der Waals surface area (Å²) >= 11 is 5.97. The van der Waals surface area contributed by atoms with Gasteiger partial charge in [-0.05, 0) is 30.5 Å². The summed E-state index contributed by atoms with van der Waals surface area (Å²) in [6.45, 7) is 8.63. The molecule has 148 valence electrons. The van der Waals surface area contributed by atoms with E-state index in [-0.39, 0.29) is 13.0 Å². The number of aliphatic imine (C=N–C) groups is 1. The molecule has 7 heteroatoms. The zero-order chi connectivity index (χ0) is 20.3. The molecule has 0 N–H and O–H groups in total. The highest BCUT2D eigenvalue weighted by molar-refractivity contribution is 6.30. The van der Waals surface area contributed by atoms with Crippen molar-refractivity contribution >= 4 is 23.1 Å². The fraction of sp³-hybridized carbons (Fsp3) is 0.286. The highest BCUT2D eigenvalue weighted by atomic mass is 35.5. The molecule has 0 saturated carbocycles. The molecule has 1 aromatic rings. The molecule has 0 aromatic heterocycles. The molecular formula is C21H21ClF3N3. The van der Waals surface area contributed by atoms with Gasteiger partial charge in [0.2, 0.25) is 0 Å². The summed E-state index contributed by atoms with van der Waals surface area (Å²) in [5.41, 5.74) is 3.29. The van der Waals surface area contributed by atoms with Crippen LogP contribution in [-0.2, 0) is 0 Å². The highest BCUT2D eigenvalue weighted by Gasteiger charge is 2.29. The Morgan fingerprint density at radius 2 is 1.89 bits per heavy atom. The SMILES string of the molecule is C=CCC1=CN(CCCC(F)(F)F)C2=NC(c3ccc(Cl)cc3)=CN(C2)C1=C. The van der Waals surface area contributed by atoms with E-state index < -0.39 is 12.6 Å². The molecular weight excluding hydrogens is 387 g/mol. The first-order valence-electron chi connectivity index (χ1n) is 8.93. The van der Waals surface area contributed by atoms with Gasteiger partial charge >= 0.3 is 6.18 Å². The first-order chi connectivity index (χ1) is 13.3. The number of rotatable bonds is 6. The summed E-state index contributed by atoms with van der Waals surface area (Å²) < 4.78 is 37.8. The molecule has 0 saturated heterocycles. The Balaban J connectivity index is 1.93. The number of alkyl halides is 3. The fourth-order valence-electron chi connectivity index (χ4n) is 3.13. The second-order valence-corrected chi connectivity index (χ2v) is 7.12. The molecule has 0 atom stereocenters. The van der Waals surface area contributed by atoms with Crippen LogP contribution in [0.25, 0.3) is 5.70 Å². The number of hydrogen-bond donors (Lipinski definition) is 0. The van der Waals surface area contributed by atoms with Gasteiger partial charge in [-0.25, -0.2) is 4.99 Å². The van der Waals surface area contributed by atoms with Crippen LogP contribution in [-0.4, -0.2) is 34.9 Å². The van der Waals surface area contributed by atoms with Crippen LogP contribution < -0.4 is 0 Å². The van der Waals surface area contributed by atoms with Crippen molar-refractivity contribution in [1.82, 2.24) is 9.80 Å². The van der Waals surface area contributed by atoms with E-state index in [2.05, 4.69) is 13.2 Å². The number of halogens is 4. The summed E-state index contributed by atoms with van der Waals surface area (Å²) in [5.74, 6) is 0.690. The molecule has 2 aliphatic rings. The first-order valence-corrected chi connectivity index (χ1v) is 9.31. The Labute approximate surface area is 167 Å². The van der Waals surface area contributed by atoms with Crippen LogP contribution in [0.15, 0.2) is 72.2 Å². The van der Waals surface area contributed by atoms with Crippen LogP contribution in [0.5, 0.6) is 0 Å². The van der Waals surface area contributed by atoms with Crippen LogP contribution in [0.3, 0.4) is 0 Å². The zero-order valence-corrected chi connectivity index (χ0v) is 16.1. The van der Waals surface area contributed by atoms with Crippen LogP contribution in [0.1, 0.15) is 24.8 Å². The van der Waals surface area contributed by atoms with E-state index in [1.165, 1.54) is 0 Å². The van der Waals surface area contributed by atoms with E-state index in [1.807, 2.05) is 29.4 Å². The van der Waals surface area contributed by atoms with E-state index in [0.717, 1.165) is 16.8 Å². The second kappa shape index (κ2) is 8.27. The third kappa shape index (κ3) is 4.87. The van der Waals surface area contributed by atoms with E-state index in [4.69, 9.17) is 16.6 Å². The van der Waals surface area contributed by atoms with Crippen LogP contribution in [0.2, 0.25) is 5.02 Å². The van der Waals surface area contributed by atoms with Crippen molar-refractivity contribution in [1.29, 1.82) is 0 Å². The molecule has 0 unspecified atom stereocenters. The molecule has 2 bridgehead atoms. The van der Waals surface area contributed by atoms with E-state index in [9.17, 15) is 13.2 Å². The lowest BCUT2D eigenvalue weighted by Gasteiger charge is -2.29. The van der Waals surface area contributed by atoms with Crippen molar-refractivity contribution in [2.75, 3.05) is 13.1 Å². The zero-order valence-electron chi connectivity index (χ0n) is 15.3. The Bertz CT molecular complexity index is 851. The number of fused-ring (bicyclic) bond motifs is 2. The first kappa shape index (κ1) is 20.3. The van der Waals surface area contributed by atoms with Crippen molar-refractivity contribution in [3.8, 4) is 0 Å². The van der Waals surface area contributed by atoms with Gasteiger partial charge in [-0.2, -0.15) is 13.2 Å². The average Bonchev–Trinajstić information content (AvgIpc) is 2.72. The smallest absolute Gasteiger partial charge is 0.338 e. The second-order valence-electron chi connectivity index (χ2n) is 6.68. The molecule has 0 amide bonds. The summed E-state index contributed by atoms with van der Waals surface area (Å²) in [7, 11) is 0. The van der Waals surface area contributed by atoms with Crippen molar-refractivity contribution in [3.63, 3.8) is 0 Å². The summed E-state index contributed by atoms with van der Waals surface area (Å²) in [6, 6.07) is 7.29. The normalized spacial score (nSPS) is 17.0. The van der Waals surface area contributed by atoms with Crippen LogP contribution in [0.4, 0.5) is 13.2 Å². The third-order valence-corrected chi connectivity index (χ3v) is 4.82. The molecule has 0 fully saturated rings. The predicted molar refractivity (Wildman–Crippen MR) is 108 cm³/mol. The average molecular weight is 408 g/mol. The number of benzene rings is 1. The fourth-order valence-corrected chi connectivity index (χ4v) is 3.25. The lowest BCUT2D eigenvalue weighted by atomic mass is 10.1. The molecule has 1 aromatic carbocycles. The molecule has 2 aliphatic heterocycles. The van der Waals surface area contributed by atoms with Gasteiger partial charge in [-0.1, -0.05) is 36.4 Å². The molecule has 3 nitrogen and oxygen atoms in total. The van der Waals surface area contributed by atoms with E-state index in [0.29, 0.717) is 29.5 Å². The molecule has 0 spiro atoms. The summed E-state index contributed by atoms with van der Waals surface area (Å²) in [6.07, 6.45) is 1.08. The van der Waals surface area contributed by atoms with Gasteiger partial charge in [0.05, 0.1) is 12.2 Å². The minimum Gasteiger partial charge on any atom is -0.338 e. The Morgan fingerprint density at radius 1 is 1.18 bits per heavy atom. The van der Waals surface area contributed by atoms with E-state index >= 15 is 0 Å². The van der Waals surface area contributed by atoms with E-state index in [1.54, 1.807) is 23.1 Å². The van der Waals surface area contributed by atoms with Crippen LogP contribution in [0, 0.1) is 0 Å². The van der Waals surface area contributed by atoms with Gasteiger partial charge in [-0.3, -0.25) is 0 Å². The van der Waals surface area contributed by atoms with Crippen molar-refractivity contribution in [2.45, 2.75) is 25.4 Å². The van der Waals surface area contributed by atoms with Crippen LogP contribution >= 0.6 is 11.6 Å². The van der Waals surface area contributed by atoms with Gasteiger partial charge in [0.15, 0.2) is 0 Å². The lowest BCUT2D eigenvalue weighted by Crippen LogP contribution is -2.36. The molecule has 28 heavy (non-hydrogen) atoms. The third-order valence-electron chi connectivity index (χ3n) is 4.56. The Hall–Kier alpha value is -2.47. The monoisotopic (exact) mass is 407 g/mol. The van der Waals surface area contributed by atoms with Gasteiger partial charge in [-0.15, -0.1) is 6.58 Å². The minimum atomic E-state index is -4.17. The largest absolute Gasteiger partial charge is 0.389 e. The maximum absolute atomic E-state index is 12.6. The molecule has 3 rings (SSSR count). The standard InChI is InChI=1S/C21H21ClF3N3/c1-3-5-17-12-27(11-4-10-21(23,24)25)20-14-28(15(17)2)13-19(26-20)16-6-8-18(22)9-7-16/h3,6-9,12-13H,1-2,4-5,10-11,14H2. The summed E-state index contributed by atoms with van der Waals surface area (Å²) in [5, 5.41) is 0.624. The molecule has 0 radical (unpaired) electrons. The lowest BCUT2D eigenvalue weighted by molar-refractivity contribution is -0.135. The minimum absolute atomic E-state index is 0.00709. The van der Waals surface area contributed by atoms with Crippen molar-refractivity contribution in [3.05, 3.63) is 77.8 Å². The summed E-state index contributed by atoms with van der Waals surface area (Å²) in [4.78, 5) is 8.50. The molecule has 2 heterocycles. The van der Waals surface area contributed by atoms with Gasteiger partial charge in [0.1, 0.15) is 5.84 Å². The van der Waals surface area contributed by atoms with Crippen molar-refractivity contribution in [2.24, 2.45) is 4.99 Å². The number of hydrogen-bond acceptors (Lipinski definition) is 3. The quantitative estimate of drug-likeness (QED) is 0.540. The van der Waals surface area contributed by atoms with Gasteiger partial charge < -0.3 is 9.80 Å². The Kier molecular flexibility index (Phi) is 5.98. The van der Waals surface area contributed by atoms with Crippen molar-refractivity contribution < 1.29 is 13.2 Å². The predicted octanol–water partition coefficient (Wildman–Crippen LogP) is 5.98. The highest BCUT2D eigenvalue weighted by Crippen LogP contribution is 2.31. The maximum Gasteiger partial charge on any atom is 0.389 e. The number of amidine groups is 1.